The molecule has 0 radical (unpaired) electrons. The number of halogens is 2. The van der Waals surface area contributed by atoms with Crippen LogP contribution < -0.4 is 10.2 Å². The molecule has 1 saturated carbocycles. The number of hydrogen-bond acceptors (Lipinski definition) is 5. The monoisotopic (exact) mass is 441 g/mol. The van der Waals surface area contributed by atoms with Gasteiger partial charge in [0.25, 0.3) is 0 Å². The average Bonchev–Trinajstić information content (AvgIpc) is 3.59. The third-order valence-corrected chi connectivity index (χ3v) is 6.62. The molecular formula is C23H25Cl2N5. The zero-order valence-corrected chi connectivity index (χ0v) is 18.5. The lowest BCUT2D eigenvalue weighted by atomic mass is 10.1. The fraction of sp³-hybridized carbons (Fsp3) is 0.391. The van der Waals surface area contributed by atoms with Crippen LogP contribution in [-0.4, -0.2) is 47.1 Å². The van der Waals surface area contributed by atoms with Gasteiger partial charge in [-0.3, -0.25) is 4.90 Å². The first-order valence-corrected chi connectivity index (χ1v) is 11.3. The summed E-state index contributed by atoms with van der Waals surface area (Å²) in [5.41, 5.74) is 2.96. The van der Waals surface area contributed by atoms with Crippen molar-refractivity contribution in [3.05, 3.63) is 58.1 Å². The summed E-state index contributed by atoms with van der Waals surface area (Å²) in [7, 11) is 0. The van der Waals surface area contributed by atoms with E-state index in [1.54, 1.807) is 0 Å². The van der Waals surface area contributed by atoms with Crippen LogP contribution in [-0.2, 0) is 0 Å². The minimum Gasteiger partial charge on any atom is -0.364 e. The number of anilines is 2. The second kappa shape index (κ2) is 8.22. The van der Waals surface area contributed by atoms with Gasteiger partial charge in [0.05, 0.1) is 11.0 Å². The summed E-state index contributed by atoms with van der Waals surface area (Å²) in [6.07, 6.45) is 2.42. The minimum absolute atomic E-state index is 0.213. The van der Waals surface area contributed by atoms with Gasteiger partial charge in [0, 0.05) is 48.3 Å². The minimum atomic E-state index is 0.213. The average molecular weight is 442 g/mol. The Morgan fingerprint density at radius 3 is 2.37 bits per heavy atom. The van der Waals surface area contributed by atoms with Gasteiger partial charge in [0.2, 0.25) is 0 Å². The highest BCUT2D eigenvalue weighted by atomic mass is 35.5. The predicted octanol–water partition coefficient (Wildman–Crippen LogP) is 5.39. The Labute approximate surface area is 187 Å². The molecule has 1 atom stereocenters. The van der Waals surface area contributed by atoms with Gasteiger partial charge in [0.1, 0.15) is 0 Å². The summed E-state index contributed by atoms with van der Waals surface area (Å²) in [5.74, 6) is 1.88. The zero-order chi connectivity index (χ0) is 20.7. The first-order chi connectivity index (χ1) is 14.6. The first-order valence-electron chi connectivity index (χ1n) is 10.6. The lowest BCUT2D eigenvalue weighted by molar-refractivity contribution is 0.198. The zero-order valence-electron chi connectivity index (χ0n) is 17.0. The van der Waals surface area contributed by atoms with E-state index in [0.717, 1.165) is 64.5 Å². The SMILES string of the molecule is CC(c1cc(Cl)ccc1Cl)N1CCN(c2nc3ccccc3nc2NC2CC2)CC1. The fourth-order valence-electron chi connectivity index (χ4n) is 4.08. The van der Waals surface area contributed by atoms with Crippen molar-refractivity contribution < 1.29 is 0 Å². The Kier molecular flexibility index (Phi) is 5.44. The Balaban J connectivity index is 1.36. The van der Waals surface area contributed by atoms with E-state index in [1.807, 2.05) is 42.5 Å². The molecule has 0 bridgehead atoms. The lowest BCUT2D eigenvalue weighted by Crippen LogP contribution is -2.47. The van der Waals surface area contributed by atoms with E-state index in [-0.39, 0.29) is 6.04 Å². The molecule has 5 rings (SSSR count). The van der Waals surface area contributed by atoms with Crippen molar-refractivity contribution in [1.29, 1.82) is 0 Å². The molecule has 1 aliphatic heterocycles. The molecule has 2 heterocycles. The number of nitrogens with zero attached hydrogens (tertiary/aromatic N) is 4. The van der Waals surface area contributed by atoms with Gasteiger partial charge < -0.3 is 10.2 Å². The molecule has 7 heteroatoms. The lowest BCUT2D eigenvalue weighted by Gasteiger charge is -2.39. The van der Waals surface area contributed by atoms with Crippen molar-refractivity contribution in [2.75, 3.05) is 36.4 Å². The maximum absolute atomic E-state index is 6.44. The summed E-state index contributed by atoms with van der Waals surface area (Å²) in [6.45, 7) is 5.86. The molecule has 5 nitrogen and oxygen atoms in total. The van der Waals surface area contributed by atoms with E-state index < -0.39 is 0 Å². The predicted molar refractivity (Wildman–Crippen MR) is 125 cm³/mol. The number of nitrogens with one attached hydrogen (secondary N) is 1. The van der Waals surface area contributed by atoms with Crippen molar-refractivity contribution in [3.63, 3.8) is 0 Å². The first kappa shape index (κ1) is 19.9. The van der Waals surface area contributed by atoms with Crippen LogP contribution in [0.3, 0.4) is 0 Å². The van der Waals surface area contributed by atoms with Crippen molar-refractivity contribution in [2.45, 2.75) is 31.8 Å². The molecule has 1 aromatic heterocycles. The Hall–Kier alpha value is -2.08. The molecule has 1 N–H and O–H groups in total. The molecule has 0 spiro atoms. The van der Waals surface area contributed by atoms with E-state index in [1.165, 1.54) is 12.8 Å². The third kappa shape index (κ3) is 4.07. The Bertz CT molecular complexity index is 1060. The number of piperazine rings is 1. The van der Waals surface area contributed by atoms with Gasteiger partial charge in [0.15, 0.2) is 11.6 Å². The second-order valence-corrected chi connectivity index (χ2v) is 9.01. The molecule has 30 heavy (non-hydrogen) atoms. The van der Waals surface area contributed by atoms with E-state index >= 15 is 0 Å². The molecule has 3 aromatic rings. The van der Waals surface area contributed by atoms with Gasteiger partial charge in [-0.05, 0) is 55.7 Å². The topological polar surface area (TPSA) is 44.3 Å². The number of para-hydroxylation sites is 2. The largest absolute Gasteiger partial charge is 0.364 e. The molecule has 2 fully saturated rings. The number of benzene rings is 2. The van der Waals surface area contributed by atoms with Crippen LogP contribution in [0.15, 0.2) is 42.5 Å². The highest BCUT2D eigenvalue weighted by Gasteiger charge is 2.28. The van der Waals surface area contributed by atoms with Gasteiger partial charge in [-0.15, -0.1) is 0 Å². The summed E-state index contributed by atoms with van der Waals surface area (Å²) in [6, 6.07) is 14.5. The maximum Gasteiger partial charge on any atom is 0.172 e. The van der Waals surface area contributed by atoms with Crippen molar-refractivity contribution >= 4 is 45.9 Å². The van der Waals surface area contributed by atoms with Crippen LogP contribution in [0.1, 0.15) is 31.4 Å². The second-order valence-electron chi connectivity index (χ2n) is 8.17. The highest BCUT2D eigenvalue weighted by molar-refractivity contribution is 6.33. The van der Waals surface area contributed by atoms with E-state index in [9.17, 15) is 0 Å². The molecule has 0 amide bonds. The van der Waals surface area contributed by atoms with E-state index in [0.29, 0.717) is 6.04 Å². The van der Waals surface area contributed by atoms with Crippen LogP contribution >= 0.6 is 23.2 Å². The van der Waals surface area contributed by atoms with Crippen LogP contribution in [0.2, 0.25) is 10.0 Å². The number of hydrogen-bond donors (Lipinski definition) is 1. The van der Waals surface area contributed by atoms with Crippen LogP contribution in [0.5, 0.6) is 0 Å². The van der Waals surface area contributed by atoms with E-state index in [4.69, 9.17) is 33.2 Å². The maximum atomic E-state index is 6.44. The van der Waals surface area contributed by atoms with Crippen LogP contribution in [0.25, 0.3) is 11.0 Å². The summed E-state index contributed by atoms with van der Waals surface area (Å²) >= 11 is 12.7. The highest BCUT2D eigenvalue weighted by Crippen LogP contribution is 2.33. The summed E-state index contributed by atoms with van der Waals surface area (Å²) < 4.78 is 0. The summed E-state index contributed by atoms with van der Waals surface area (Å²) in [4.78, 5) is 14.7. The van der Waals surface area contributed by atoms with Gasteiger partial charge in [-0.2, -0.15) is 0 Å². The number of rotatable bonds is 5. The molecule has 156 valence electrons. The molecule has 1 aliphatic carbocycles. The quantitative estimate of drug-likeness (QED) is 0.574. The molecular weight excluding hydrogens is 417 g/mol. The Morgan fingerprint density at radius 1 is 0.967 bits per heavy atom. The molecule has 1 unspecified atom stereocenters. The Morgan fingerprint density at radius 2 is 1.67 bits per heavy atom. The molecule has 1 saturated heterocycles. The van der Waals surface area contributed by atoms with Crippen LogP contribution in [0.4, 0.5) is 11.6 Å². The van der Waals surface area contributed by atoms with Gasteiger partial charge in [-0.25, -0.2) is 9.97 Å². The van der Waals surface area contributed by atoms with Crippen molar-refractivity contribution in [1.82, 2.24) is 14.9 Å². The smallest absolute Gasteiger partial charge is 0.172 e. The van der Waals surface area contributed by atoms with Gasteiger partial charge in [-0.1, -0.05) is 35.3 Å². The van der Waals surface area contributed by atoms with Gasteiger partial charge >= 0.3 is 0 Å². The number of fused-ring (bicyclic) bond motifs is 1. The van der Waals surface area contributed by atoms with Crippen molar-refractivity contribution in [2.24, 2.45) is 0 Å². The standard InChI is InChI=1S/C23H25Cl2N5/c1-15(18-14-16(24)6-9-19(18)25)29-10-12-30(13-11-29)23-22(26-17-7-8-17)27-20-4-2-3-5-21(20)28-23/h2-6,9,14-15,17H,7-8,10-13H2,1H3,(H,26,27). The molecule has 2 aliphatic rings. The molecule has 2 aromatic carbocycles. The number of aromatic nitrogens is 2. The third-order valence-electron chi connectivity index (χ3n) is 6.04. The van der Waals surface area contributed by atoms with Crippen molar-refractivity contribution in [3.8, 4) is 0 Å². The fourth-order valence-corrected chi connectivity index (χ4v) is 4.54. The van der Waals surface area contributed by atoms with Crippen LogP contribution in [0, 0.1) is 0 Å². The summed E-state index contributed by atoms with van der Waals surface area (Å²) in [5, 5.41) is 5.08. The normalized spacial score (nSPS) is 18.6. The van der Waals surface area contributed by atoms with E-state index in [2.05, 4.69) is 22.0 Å².